The first-order valence-electron chi connectivity index (χ1n) is 33.5. The van der Waals surface area contributed by atoms with Gasteiger partial charge in [0.05, 0.1) is 12.1 Å². The van der Waals surface area contributed by atoms with Crippen LogP contribution >= 0.6 is 0 Å². The Morgan fingerprint density at radius 3 is 1.41 bits per heavy atom. The fourth-order valence-corrected chi connectivity index (χ4v) is 14.3. The zero-order chi connectivity index (χ0) is 62.4. The van der Waals surface area contributed by atoms with Gasteiger partial charge in [0.2, 0.25) is 35.4 Å². The molecule has 0 bridgehead atoms. The summed E-state index contributed by atoms with van der Waals surface area (Å²) >= 11 is 0. The Morgan fingerprint density at radius 1 is 0.477 bits per heavy atom. The molecule has 0 radical (unpaired) electrons. The zero-order valence-electron chi connectivity index (χ0n) is 52.8. The lowest BCUT2D eigenvalue weighted by Gasteiger charge is -2.36. The lowest BCUT2D eigenvalue weighted by Crippen LogP contribution is -2.58. The van der Waals surface area contributed by atoms with Gasteiger partial charge in [0.1, 0.15) is 30.0 Å². The first-order chi connectivity index (χ1) is 42.8. The molecule has 2 saturated carbocycles. The lowest BCUT2D eigenvalue weighted by molar-refractivity contribution is -0.145. The van der Waals surface area contributed by atoms with Gasteiger partial charge in [-0.25, -0.2) is 0 Å². The van der Waals surface area contributed by atoms with Crippen molar-refractivity contribution in [1.29, 1.82) is 0 Å². The number of benzene rings is 4. The quantitative estimate of drug-likeness (QED) is 0.0304. The third kappa shape index (κ3) is 17.9. The van der Waals surface area contributed by atoms with Crippen molar-refractivity contribution in [2.24, 2.45) is 23.7 Å². The zero-order valence-corrected chi connectivity index (χ0v) is 52.8. The number of carbonyl (C=O) groups excluding carboxylic acids is 8. The summed E-state index contributed by atoms with van der Waals surface area (Å²) in [6.07, 6.45) is 16.4. The Morgan fingerprint density at radius 2 is 0.920 bits per heavy atom. The van der Waals surface area contributed by atoms with Gasteiger partial charge in [-0.2, -0.15) is 0 Å². The number of rotatable bonds is 31. The van der Waals surface area contributed by atoms with Gasteiger partial charge in [0.25, 0.3) is 0 Å². The highest BCUT2D eigenvalue weighted by atomic mass is 16.2. The van der Waals surface area contributed by atoms with Crippen molar-refractivity contribution >= 4 is 47.0 Å². The predicted molar refractivity (Wildman–Crippen MR) is 345 cm³/mol. The van der Waals surface area contributed by atoms with Crippen LogP contribution in [-0.2, 0) is 38.4 Å². The van der Waals surface area contributed by atoms with Gasteiger partial charge >= 0.3 is 0 Å². The van der Waals surface area contributed by atoms with Gasteiger partial charge in [0, 0.05) is 56.1 Å². The molecule has 2 aliphatic heterocycles. The van der Waals surface area contributed by atoms with Gasteiger partial charge in [-0.15, -0.1) is 0 Å². The second-order valence-corrected chi connectivity index (χ2v) is 25.6. The average molecular weight is 1200 g/mol. The maximum Gasteiger partial charge on any atom is 0.246 e. The molecule has 474 valence electrons. The average Bonchev–Trinajstić information content (AvgIpc) is 4.40. The molecule has 6 amide bonds. The minimum Gasteiger partial charge on any atom is -0.354 e. The Balaban J connectivity index is 0.921. The fourth-order valence-electron chi connectivity index (χ4n) is 14.3. The summed E-state index contributed by atoms with van der Waals surface area (Å²) in [7, 11) is 1.75. The van der Waals surface area contributed by atoms with E-state index in [1.54, 1.807) is 16.8 Å². The Bertz CT molecular complexity index is 2610. The standard InChI is InChI=1S/C73H99N7O8/c1-5-50(2)68(83)76-65(57-41-25-14-26-42-57)73(88)80-48-30-44-60(80)69(84)77-66(63(53-33-17-10-18-34-53)54-35-19-11-20-36-54)61(81)45-27-7-6-8-28-46-75-71(86)67(64(55-37-21-12-22-38-55)56-39-23-13-24-40-56)78-70(85)59-43-29-47-79(59)72(87)58(49-62(82)51(3)74-4)52-31-15-9-16-32-52/h10-13,17-24,33-40,50-52,57-60,63-67,74H,5-9,14-16,25-32,41-49H2,1-4H3,(H,75,86)(H,76,83)(H,77,84)(H,78,85)/t50-,51+,58+,59+,60+,65+,66-,67+/m1/s1. The molecule has 8 atom stereocenters. The van der Waals surface area contributed by atoms with E-state index in [-0.39, 0.29) is 77.6 Å². The maximum absolute atomic E-state index is 14.9. The number of likely N-dealkylation sites (N-methyl/N-ethyl adjacent to an activating group) is 1. The molecular formula is C73H99N7O8. The van der Waals surface area contributed by atoms with Crippen LogP contribution in [-0.4, -0.2) is 120 Å². The number of unbranched alkanes of at least 4 members (excludes halogenated alkanes) is 4. The maximum atomic E-state index is 14.9. The summed E-state index contributed by atoms with van der Waals surface area (Å²) in [5.74, 6) is -3.43. The van der Waals surface area contributed by atoms with Crippen molar-refractivity contribution in [3.05, 3.63) is 144 Å². The molecule has 0 aromatic heterocycles. The van der Waals surface area contributed by atoms with Crippen molar-refractivity contribution in [2.75, 3.05) is 26.7 Å². The Kier molecular flexibility index (Phi) is 25.9. The van der Waals surface area contributed by atoms with Crippen LogP contribution in [0.15, 0.2) is 121 Å². The molecule has 15 heteroatoms. The van der Waals surface area contributed by atoms with E-state index in [9.17, 15) is 38.4 Å². The number of nitrogens with zero attached hydrogens (tertiary/aromatic N) is 2. The molecule has 4 fully saturated rings. The summed E-state index contributed by atoms with van der Waals surface area (Å²) in [5, 5.41) is 15.8. The third-order valence-electron chi connectivity index (χ3n) is 19.7. The number of hydrogen-bond donors (Lipinski definition) is 5. The van der Waals surface area contributed by atoms with Crippen LogP contribution < -0.4 is 26.6 Å². The molecule has 4 aliphatic rings. The van der Waals surface area contributed by atoms with E-state index in [1.807, 2.05) is 142 Å². The van der Waals surface area contributed by atoms with Crippen molar-refractivity contribution in [1.82, 2.24) is 36.4 Å². The van der Waals surface area contributed by atoms with Gasteiger partial charge < -0.3 is 36.4 Å². The largest absolute Gasteiger partial charge is 0.354 e. The third-order valence-corrected chi connectivity index (χ3v) is 19.7. The number of amides is 6. The molecule has 2 heterocycles. The number of nitrogens with one attached hydrogen (secondary N) is 5. The number of hydrogen-bond acceptors (Lipinski definition) is 9. The van der Waals surface area contributed by atoms with Crippen LogP contribution in [0.1, 0.15) is 196 Å². The number of carbonyl (C=O) groups is 8. The lowest BCUT2D eigenvalue weighted by atomic mass is 9.76. The Labute approximate surface area is 523 Å². The smallest absolute Gasteiger partial charge is 0.246 e. The van der Waals surface area contributed by atoms with Crippen molar-refractivity contribution in [2.45, 2.75) is 210 Å². The summed E-state index contributed by atoms with van der Waals surface area (Å²) < 4.78 is 0. The van der Waals surface area contributed by atoms with Crippen molar-refractivity contribution in [3.8, 4) is 0 Å². The molecule has 88 heavy (non-hydrogen) atoms. The summed E-state index contributed by atoms with van der Waals surface area (Å²) in [6.45, 7) is 6.81. The summed E-state index contributed by atoms with van der Waals surface area (Å²) in [4.78, 5) is 119. The number of ketones is 2. The van der Waals surface area contributed by atoms with Crippen LogP contribution in [0.5, 0.6) is 0 Å². The van der Waals surface area contributed by atoms with Crippen LogP contribution in [0.4, 0.5) is 0 Å². The molecular weight excluding hydrogens is 1100 g/mol. The van der Waals surface area contributed by atoms with E-state index >= 15 is 0 Å². The van der Waals surface area contributed by atoms with Gasteiger partial charge in [-0.3, -0.25) is 38.4 Å². The highest BCUT2D eigenvalue weighted by molar-refractivity contribution is 5.97. The van der Waals surface area contributed by atoms with E-state index in [0.29, 0.717) is 64.6 Å². The molecule has 15 nitrogen and oxygen atoms in total. The predicted octanol–water partition coefficient (Wildman–Crippen LogP) is 10.5. The molecule has 8 rings (SSSR count). The number of likely N-dealkylation sites (tertiary alicyclic amines) is 2. The van der Waals surface area contributed by atoms with Gasteiger partial charge in [-0.1, -0.05) is 193 Å². The van der Waals surface area contributed by atoms with E-state index in [4.69, 9.17) is 0 Å². The summed E-state index contributed by atoms with van der Waals surface area (Å²) in [6, 6.07) is 34.4. The topological polar surface area (TPSA) is 203 Å². The van der Waals surface area contributed by atoms with Crippen LogP contribution in [0.3, 0.4) is 0 Å². The molecule has 4 aromatic carbocycles. The molecule has 5 N–H and O–H groups in total. The molecule has 0 spiro atoms. The van der Waals surface area contributed by atoms with E-state index < -0.39 is 54.0 Å². The first-order valence-corrected chi connectivity index (χ1v) is 33.5. The van der Waals surface area contributed by atoms with Crippen LogP contribution in [0.2, 0.25) is 0 Å². The fraction of sp³-hybridized carbons (Fsp3) is 0.562. The van der Waals surface area contributed by atoms with Crippen LogP contribution in [0.25, 0.3) is 0 Å². The second kappa shape index (κ2) is 34.1. The highest BCUT2D eigenvalue weighted by Gasteiger charge is 2.45. The van der Waals surface area contributed by atoms with Crippen molar-refractivity contribution < 1.29 is 38.4 Å². The molecule has 0 unspecified atom stereocenters. The van der Waals surface area contributed by atoms with Crippen LogP contribution in [0, 0.1) is 23.7 Å². The molecule has 4 aromatic rings. The Hall–Kier alpha value is -7.00. The highest BCUT2D eigenvalue weighted by Crippen LogP contribution is 2.37. The molecule has 2 saturated heterocycles. The second-order valence-electron chi connectivity index (χ2n) is 25.6. The monoisotopic (exact) mass is 1200 g/mol. The van der Waals surface area contributed by atoms with E-state index in [2.05, 4.69) is 26.6 Å². The number of Topliss-reactive ketones (excluding diaryl/α,β-unsaturated/α-hetero) is 2. The van der Waals surface area contributed by atoms with Gasteiger partial charge in [-0.05, 0) is 119 Å². The molecule has 2 aliphatic carbocycles. The normalized spacial score (nSPS) is 19.5. The SMILES string of the molecule is CC[C@@H](C)C(=O)N[C@H](C(=O)N1CCC[C@H]1C(=O)N[C@H](C(=O)CCCCCCCNC(=O)[C@@H](NC(=O)[C@@H]1CCCN1C(=O)[C@@H](CC(=O)[C@H](C)NC)C1CCCCC1)C(c1ccccc1)c1ccccc1)C(c1ccccc1)c1ccccc1)C1CCCCC1. The van der Waals surface area contributed by atoms with E-state index in [0.717, 1.165) is 106 Å². The minimum atomic E-state index is -1.02. The summed E-state index contributed by atoms with van der Waals surface area (Å²) in [5.41, 5.74) is 3.49. The van der Waals surface area contributed by atoms with Gasteiger partial charge in [0.15, 0.2) is 5.78 Å². The van der Waals surface area contributed by atoms with E-state index in [1.165, 1.54) is 0 Å². The van der Waals surface area contributed by atoms with Crippen molar-refractivity contribution in [3.63, 3.8) is 0 Å². The first kappa shape index (κ1) is 66.9. The minimum absolute atomic E-state index is 0.00643.